The quantitative estimate of drug-likeness (QED) is 0.185. The Morgan fingerprint density at radius 3 is 1.70 bits per heavy atom. The van der Waals surface area contributed by atoms with Gasteiger partial charge in [-0.05, 0) is 94.3 Å². The third kappa shape index (κ3) is 3.01. The SMILES string of the molecule is CC(C)(C)c1cc2nc3c4c5cc(-c6ccccc6)c6ccc7ccc8c(-c9ccccc9)cc(c4c(=O)n3c2cn1)c1c8c7c6c51. The van der Waals surface area contributed by atoms with Gasteiger partial charge in [-0.15, -0.1) is 0 Å². The number of imidazole rings is 1. The topological polar surface area (TPSA) is 47.3 Å². The first kappa shape index (κ1) is 25.3. The van der Waals surface area contributed by atoms with Crippen molar-refractivity contribution >= 4 is 81.3 Å². The van der Waals surface area contributed by atoms with Crippen LogP contribution in [0.5, 0.6) is 0 Å². The van der Waals surface area contributed by atoms with E-state index in [2.05, 4.69) is 124 Å². The summed E-state index contributed by atoms with van der Waals surface area (Å²) in [6.07, 6.45) is 1.84. The fourth-order valence-electron chi connectivity index (χ4n) is 8.47. The van der Waals surface area contributed by atoms with Gasteiger partial charge in [0, 0.05) is 16.5 Å². The number of rotatable bonds is 2. The van der Waals surface area contributed by atoms with Crippen LogP contribution in [0, 0.1) is 0 Å². The van der Waals surface area contributed by atoms with Crippen molar-refractivity contribution < 1.29 is 0 Å². The van der Waals surface area contributed by atoms with Crippen molar-refractivity contribution in [2.45, 2.75) is 26.2 Å². The molecule has 0 aliphatic carbocycles. The monoisotopic (exact) mass is 601 g/mol. The van der Waals surface area contributed by atoms with E-state index >= 15 is 0 Å². The minimum atomic E-state index is -0.133. The van der Waals surface area contributed by atoms with Gasteiger partial charge in [-0.3, -0.25) is 14.2 Å². The van der Waals surface area contributed by atoms with Gasteiger partial charge < -0.3 is 0 Å². The van der Waals surface area contributed by atoms with Crippen LogP contribution in [0.1, 0.15) is 26.5 Å². The lowest BCUT2D eigenvalue weighted by atomic mass is 9.89. The summed E-state index contributed by atoms with van der Waals surface area (Å²) in [4.78, 5) is 24.9. The molecule has 11 rings (SSSR count). The fourth-order valence-corrected chi connectivity index (χ4v) is 8.47. The third-order valence-electron chi connectivity index (χ3n) is 10.5. The minimum Gasteiger partial charge on any atom is -0.268 e. The van der Waals surface area contributed by atoms with Gasteiger partial charge >= 0.3 is 0 Å². The summed E-state index contributed by atoms with van der Waals surface area (Å²) in [5, 5.41) is 13.6. The number of pyridine rings is 1. The molecule has 47 heavy (non-hydrogen) atoms. The van der Waals surface area contributed by atoms with E-state index in [-0.39, 0.29) is 11.0 Å². The molecule has 0 atom stereocenters. The first-order valence-corrected chi connectivity index (χ1v) is 16.2. The molecule has 0 unspecified atom stereocenters. The van der Waals surface area contributed by atoms with E-state index in [9.17, 15) is 4.79 Å². The van der Waals surface area contributed by atoms with Crippen molar-refractivity contribution in [2.75, 3.05) is 0 Å². The summed E-state index contributed by atoms with van der Waals surface area (Å²) in [5.41, 5.74) is 7.67. The van der Waals surface area contributed by atoms with E-state index < -0.39 is 0 Å². The summed E-state index contributed by atoms with van der Waals surface area (Å²) in [6, 6.07) is 36.9. The molecule has 4 nitrogen and oxygen atoms in total. The molecule has 0 bridgehead atoms. The largest absolute Gasteiger partial charge is 0.268 e. The predicted molar refractivity (Wildman–Crippen MR) is 196 cm³/mol. The molecule has 8 aromatic carbocycles. The Labute approximate surface area is 268 Å². The molecule has 220 valence electrons. The van der Waals surface area contributed by atoms with Crippen LogP contribution in [0.2, 0.25) is 0 Å². The first-order chi connectivity index (χ1) is 22.9. The average Bonchev–Trinajstić information content (AvgIpc) is 3.74. The maximum absolute atomic E-state index is 14.9. The van der Waals surface area contributed by atoms with E-state index in [1.807, 2.05) is 10.6 Å². The molecule has 0 N–H and O–H groups in total. The number of aromatic nitrogens is 3. The van der Waals surface area contributed by atoms with Gasteiger partial charge in [0.15, 0.2) is 0 Å². The molecule has 0 fully saturated rings. The van der Waals surface area contributed by atoms with Gasteiger partial charge in [0.2, 0.25) is 0 Å². The Kier molecular flexibility index (Phi) is 4.47. The molecular formula is C43H27N3O. The van der Waals surface area contributed by atoms with E-state index in [0.29, 0.717) is 5.65 Å². The van der Waals surface area contributed by atoms with Crippen LogP contribution >= 0.6 is 0 Å². The Morgan fingerprint density at radius 1 is 0.574 bits per heavy atom. The second kappa shape index (κ2) is 8.28. The van der Waals surface area contributed by atoms with Crippen molar-refractivity contribution in [3.8, 4) is 22.3 Å². The normalized spacial score (nSPS) is 13.1. The van der Waals surface area contributed by atoms with Gasteiger partial charge in [-0.2, -0.15) is 0 Å². The second-order valence-electron chi connectivity index (χ2n) is 14.1. The number of fused-ring (bicyclic) bond motifs is 7. The molecule has 4 heteroatoms. The van der Waals surface area contributed by atoms with Gasteiger partial charge in [-0.25, -0.2) is 4.98 Å². The first-order valence-electron chi connectivity index (χ1n) is 16.2. The lowest BCUT2D eigenvalue weighted by Gasteiger charge is -2.16. The van der Waals surface area contributed by atoms with Crippen LogP contribution < -0.4 is 5.56 Å². The maximum atomic E-state index is 14.9. The van der Waals surface area contributed by atoms with Crippen LogP contribution in [-0.4, -0.2) is 14.4 Å². The smallest absolute Gasteiger partial charge is 0.265 e. The van der Waals surface area contributed by atoms with Crippen LogP contribution in [-0.2, 0) is 5.41 Å². The number of nitrogens with zero attached hydrogens (tertiary/aromatic N) is 3. The molecule has 3 aromatic heterocycles. The van der Waals surface area contributed by atoms with Gasteiger partial charge in [0.1, 0.15) is 5.65 Å². The summed E-state index contributed by atoms with van der Waals surface area (Å²) < 4.78 is 1.81. The summed E-state index contributed by atoms with van der Waals surface area (Å²) in [7, 11) is 0. The lowest BCUT2D eigenvalue weighted by molar-refractivity contribution is 0.570. The molecule has 3 heterocycles. The summed E-state index contributed by atoms with van der Waals surface area (Å²) in [6.45, 7) is 6.46. The highest BCUT2D eigenvalue weighted by molar-refractivity contribution is 6.50. The van der Waals surface area contributed by atoms with Crippen LogP contribution in [0.3, 0.4) is 0 Å². The zero-order valence-electron chi connectivity index (χ0n) is 26.1. The maximum Gasteiger partial charge on any atom is 0.265 e. The summed E-state index contributed by atoms with van der Waals surface area (Å²) in [5.74, 6) is 0. The van der Waals surface area contributed by atoms with Gasteiger partial charge in [-0.1, -0.05) is 106 Å². The Morgan fingerprint density at radius 2 is 1.13 bits per heavy atom. The van der Waals surface area contributed by atoms with Crippen molar-refractivity contribution in [3.63, 3.8) is 0 Å². The fraction of sp³-hybridized carbons (Fsp3) is 0.0930. The second-order valence-corrected chi connectivity index (χ2v) is 14.1. The molecule has 0 amide bonds. The van der Waals surface area contributed by atoms with Crippen LogP contribution in [0.15, 0.2) is 114 Å². The molecule has 0 saturated heterocycles. The highest BCUT2D eigenvalue weighted by atomic mass is 16.1. The zero-order chi connectivity index (χ0) is 31.3. The van der Waals surface area contributed by atoms with E-state index in [4.69, 9.17) is 9.97 Å². The Balaban J connectivity index is 1.45. The van der Waals surface area contributed by atoms with Crippen LogP contribution in [0.4, 0.5) is 0 Å². The highest BCUT2D eigenvalue weighted by Crippen LogP contribution is 2.54. The Bertz CT molecular complexity index is 3090. The number of benzene rings is 7. The van der Waals surface area contributed by atoms with E-state index in [0.717, 1.165) is 55.0 Å². The predicted octanol–water partition coefficient (Wildman–Crippen LogP) is 10.5. The standard InChI is InChI=1S/C43H27N3O/c1-43(2,3)33-20-31-32(21-44-33)46-41(45-31)39-29-18-27(22-10-6-4-7-11-22)25-16-14-24-15-17-26-28(23-12-8-5-9-13-23)19-30(40(39)42(46)47)38-36(26)34(24)35(25)37(29)38/h4-21H,1-3H3. The van der Waals surface area contributed by atoms with Gasteiger partial charge in [0.05, 0.1) is 22.6 Å². The lowest BCUT2D eigenvalue weighted by Crippen LogP contribution is -2.13. The zero-order valence-corrected chi connectivity index (χ0v) is 26.1. The van der Waals surface area contributed by atoms with Crippen molar-refractivity contribution in [1.29, 1.82) is 0 Å². The molecule has 0 radical (unpaired) electrons. The molecule has 11 aromatic rings. The van der Waals surface area contributed by atoms with E-state index in [1.165, 1.54) is 48.7 Å². The summed E-state index contributed by atoms with van der Waals surface area (Å²) >= 11 is 0. The minimum absolute atomic E-state index is 0.0347. The highest BCUT2D eigenvalue weighted by Gasteiger charge is 2.30. The van der Waals surface area contributed by atoms with Crippen molar-refractivity contribution in [3.05, 3.63) is 125 Å². The average molecular weight is 602 g/mol. The third-order valence-corrected chi connectivity index (χ3v) is 10.5. The molecule has 0 spiro atoms. The number of hydrogen-bond donors (Lipinski definition) is 0. The van der Waals surface area contributed by atoms with Crippen molar-refractivity contribution in [2.24, 2.45) is 0 Å². The molecular weight excluding hydrogens is 574 g/mol. The van der Waals surface area contributed by atoms with Gasteiger partial charge in [0.25, 0.3) is 5.56 Å². The van der Waals surface area contributed by atoms with Crippen LogP contribution in [0.25, 0.3) is 104 Å². The number of hydrogen-bond acceptors (Lipinski definition) is 3. The van der Waals surface area contributed by atoms with E-state index in [1.54, 1.807) is 0 Å². The molecule has 0 saturated carbocycles. The Hall–Kier alpha value is -5.87. The van der Waals surface area contributed by atoms with Crippen molar-refractivity contribution in [1.82, 2.24) is 14.4 Å². The molecule has 0 aliphatic heterocycles. The molecule has 0 aliphatic rings.